The van der Waals surface area contributed by atoms with E-state index in [1.807, 2.05) is 31.2 Å². The van der Waals surface area contributed by atoms with Gasteiger partial charge in [-0.3, -0.25) is 19.8 Å². The van der Waals surface area contributed by atoms with E-state index in [1.165, 1.54) is 24.0 Å². The van der Waals surface area contributed by atoms with Crippen molar-refractivity contribution in [3.05, 3.63) is 82.1 Å². The number of benzene rings is 2. The van der Waals surface area contributed by atoms with Crippen molar-refractivity contribution in [2.24, 2.45) is 0 Å². The molecule has 4 aromatic rings. The Bertz CT molecular complexity index is 1500. The molecule has 8 nitrogen and oxygen atoms in total. The largest absolute Gasteiger partial charge is 0.486 e. The fraction of sp³-hybridized carbons (Fsp3) is 0.250. The van der Waals surface area contributed by atoms with Crippen molar-refractivity contribution in [3.8, 4) is 17.0 Å². The molecule has 1 aliphatic rings. The summed E-state index contributed by atoms with van der Waals surface area (Å²) in [6, 6.07) is 9.75. The summed E-state index contributed by atoms with van der Waals surface area (Å²) in [7, 11) is 0. The maximum atomic E-state index is 12.3. The van der Waals surface area contributed by atoms with Crippen LogP contribution in [0, 0.1) is 0 Å². The van der Waals surface area contributed by atoms with E-state index < -0.39 is 6.10 Å². The highest BCUT2D eigenvalue weighted by Gasteiger charge is 2.22. The van der Waals surface area contributed by atoms with Crippen LogP contribution in [0.15, 0.2) is 55.4 Å². The van der Waals surface area contributed by atoms with Crippen LogP contribution in [0.3, 0.4) is 0 Å². The molecule has 38 heavy (non-hydrogen) atoms. The number of amides is 1. The van der Waals surface area contributed by atoms with Gasteiger partial charge in [-0.05, 0) is 60.9 Å². The van der Waals surface area contributed by atoms with E-state index in [2.05, 4.69) is 38.0 Å². The first kappa shape index (κ1) is 26.2. The number of carbonyl (C=O) groups is 1. The second-order valence-corrected chi connectivity index (χ2v) is 9.98. The Labute approximate surface area is 230 Å². The Morgan fingerprint density at radius 3 is 2.79 bits per heavy atom. The lowest BCUT2D eigenvalue weighted by atomic mass is 9.93. The molecule has 0 bridgehead atoms. The third-order valence-electron chi connectivity index (χ3n) is 6.69. The molecular formula is C28H27Cl2N5O3. The minimum absolute atomic E-state index is 0.106. The SMILES string of the molecule is C=CC(=O)Nc1cc2c(cc1-c1n[nH]c3ccc(O[C@H](C)c4c(Cl)cncc4Cl)cc13)CCN(CCO)C2. The Hall–Kier alpha value is -3.43. The van der Waals surface area contributed by atoms with E-state index in [9.17, 15) is 9.90 Å². The molecule has 1 atom stereocenters. The van der Waals surface area contributed by atoms with Gasteiger partial charge in [-0.25, -0.2) is 0 Å². The minimum Gasteiger partial charge on any atom is -0.486 e. The molecule has 2 aromatic carbocycles. The molecule has 1 amide bonds. The molecule has 0 saturated carbocycles. The zero-order chi connectivity index (χ0) is 26.8. The van der Waals surface area contributed by atoms with Crippen molar-refractivity contribution in [1.82, 2.24) is 20.1 Å². The van der Waals surface area contributed by atoms with Crippen molar-refractivity contribution < 1.29 is 14.6 Å². The molecule has 10 heteroatoms. The third kappa shape index (κ3) is 5.26. The zero-order valence-corrected chi connectivity index (χ0v) is 22.3. The van der Waals surface area contributed by atoms with Crippen LogP contribution in [-0.4, -0.2) is 50.8 Å². The number of fused-ring (bicyclic) bond motifs is 2. The highest BCUT2D eigenvalue weighted by molar-refractivity contribution is 6.35. The quantitative estimate of drug-likeness (QED) is 0.248. The van der Waals surface area contributed by atoms with Crippen molar-refractivity contribution in [3.63, 3.8) is 0 Å². The van der Waals surface area contributed by atoms with Gasteiger partial charge in [0, 0.05) is 48.5 Å². The molecule has 0 fully saturated rings. The number of H-pyrrole nitrogens is 1. The van der Waals surface area contributed by atoms with E-state index in [0.717, 1.165) is 35.0 Å². The summed E-state index contributed by atoms with van der Waals surface area (Å²) in [4.78, 5) is 18.5. The maximum Gasteiger partial charge on any atom is 0.247 e. The lowest BCUT2D eigenvalue weighted by Gasteiger charge is -2.29. The summed E-state index contributed by atoms with van der Waals surface area (Å²) in [6.07, 6.45) is 4.74. The summed E-state index contributed by atoms with van der Waals surface area (Å²) in [5.41, 5.74) is 5.91. The number of rotatable bonds is 8. The monoisotopic (exact) mass is 551 g/mol. The number of nitrogens with zero attached hydrogens (tertiary/aromatic N) is 3. The number of aromatic nitrogens is 3. The van der Waals surface area contributed by atoms with E-state index in [4.69, 9.17) is 27.9 Å². The van der Waals surface area contributed by atoms with Crippen LogP contribution < -0.4 is 10.1 Å². The third-order valence-corrected chi connectivity index (χ3v) is 7.29. The summed E-state index contributed by atoms with van der Waals surface area (Å²) in [5.74, 6) is 0.309. The zero-order valence-electron chi connectivity index (χ0n) is 20.8. The van der Waals surface area contributed by atoms with Crippen molar-refractivity contribution in [2.45, 2.75) is 26.0 Å². The Balaban J connectivity index is 1.54. The van der Waals surface area contributed by atoms with Crippen molar-refractivity contribution in [2.75, 3.05) is 25.0 Å². The summed E-state index contributed by atoms with van der Waals surface area (Å²) < 4.78 is 6.22. The molecule has 3 heterocycles. The van der Waals surface area contributed by atoms with E-state index in [-0.39, 0.29) is 12.5 Å². The van der Waals surface area contributed by atoms with Crippen molar-refractivity contribution in [1.29, 1.82) is 0 Å². The lowest BCUT2D eigenvalue weighted by Crippen LogP contribution is -2.32. The van der Waals surface area contributed by atoms with Crippen molar-refractivity contribution >= 4 is 45.7 Å². The molecule has 0 unspecified atom stereocenters. The van der Waals surface area contributed by atoms with Gasteiger partial charge in [-0.1, -0.05) is 29.8 Å². The number of carbonyl (C=O) groups excluding carboxylic acids is 1. The second kappa shape index (κ2) is 11.1. The predicted molar refractivity (Wildman–Crippen MR) is 150 cm³/mol. The molecule has 0 aliphatic carbocycles. The number of hydrogen-bond donors (Lipinski definition) is 3. The maximum absolute atomic E-state index is 12.3. The number of anilines is 1. The number of ether oxygens (including phenoxy) is 1. The van der Waals surface area contributed by atoms with Crippen LogP contribution >= 0.6 is 23.2 Å². The van der Waals surface area contributed by atoms with Crippen LogP contribution in [0.4, 0.5) is 5.69 Å². The van der Waals surface area contributed by atoms with Gasteiger partial charge in [0.25, 0.3) is 0 Å². The summed E-state index contributed by atoms with van der Waals surface area (Å²) in [6.45, 7) is 7.73. The van der Waals surface area contributed by atoms with Gasteiger partial charge in [0.2, 0.25) is 5.91 Å². The number of pyridine rings is 1. The van der Waals surface area contributed by atoms with Gasteiger partial charge >= 0.3 is 0 Å². The lowest BCUT2D eigenvalue weighted by molar-refractivity contribution is -0.111. The van der Waals surface area contributed by atoms with Gasteiger partial charge in [0.15, 0.2) is 0 Å². The van der Waals surface area contributed by atoms with Crippen LogP contribution in [0.25, 0.3) is 22.2 Å². The fourth-order valence-corrected chi connectivity index (χ4v) is 5.50. The van der Waals surface area contributed by atoms with Gasteiger partial charge in [-0.2, -0.15) is 5.10 Å². The second-order valence-electron chi connectivity index (χ2n) is 9.17. The Morgan fingerprint density at radius 2 is 2.05 bits per heavy atom. The Morgan fingerprint density at radius 1 is 1.26 bits per heavy atom. The number of aromatic amines is 1. The van der Waals surface area contributed by atoms with Gasteiger partial charge in [-0.15, -0.1) is 0 Å². The molecule has 5 rings (SSSR count). The fourth-order valence-electron chi connectivity index (χ4n) is 4.83. The molecule has 0 saturated heterocycles. The topological polar surface area (TPSA) is 103 Å². The molecule has 2 aromatic heterocycles. The minimum atomic E-state index is -0.418. The van der Waals surface area contributed by atoms with Gasteiger partial charge in [0.1, 0.15) is 17.5 Å². The molecule has 3 N–H and O–H groups in total. The predicted octanol–water partition coefficient (Wildman–Crippen LogP) is 5.55. The number of nitrogens with one attached hydrogen (secondary N) is 2. The highest BCUT2D eigenvalue weighted by Crippen LogP contribution is 2.38. The first-order chi connectivity index (χ1) is 18.4. The van der Waals surface area contributed by atoms with Crippen LogP contribution in [0.5, 0.6) is 5.75 Å². The van der Waals surface area contributed by atoms with E-state index >= 15 is 0 Å². The summed E-state index contributed by atoms with van der Waals surface area (Å²) in [5, 5.41) is 21.7. The number of aliphatic hydroxyl groups excluding tert-OH is 1. The average molecular weight is 552 g/mol. The smallest absolute Gasteiger partial charge is 0.247 e. The number of halogens is 2. The number of β-amino-alcohol motifs (C(OH)–C–C–N with tert-alkyl or cyclic N) is 1. The number of hydrogen-bond acceptors (Lipinski definition) is 6. The molecule has 196 valence electrons. The first-order valence-corrected chi connectivity index (χ1v) is 13.0. The molecular weight excluding hydrogens is 525 g/mol. The first-order valence-electron chi connectivity index (χ1n) is 12.2. The van der Waals surface area contributed by atoms with E-state index in [1.54, 1.807) is 0 Å². The molecule has 0 radical (unpaired) electrons. The van der Waals surface area contributed by atoms with Crippen LogP contribution in [0.1, 0.15) is 29.7 Å². The average Bonchev–Trinajstić information content (AvgIpc) is 3.31. The van der Waals surface area contributed by atoms with Gasteiger partial charge < -0.3 is 15.2 Å². The van der Waals surface area contributed by atoms with E-state index in [0.29, 0.717) is 45.8 Å². The van der Waals surface area contributed by atoms with Gasteiger partial charge in [0.05, 0.1) is 27.9 Å². The summed E-state index contributed by atoms with van der Waals surface area (Å²) >= 11 is 12.7. The highest BCUT2D eigenvalue weighted by atomic mass is 35.5. The normalized spacial score (nSPS) is 14.2. The van der Waals surface area contributed by atoms with Crippen LogP contribution in [0.2, 0.25) is 10.0 Å². The molecule has 1 aliphatic heterocycles. The Kier molecular flexibility index (Phi) is 7.67. The number of aliphatic hydroxyl groups is 1. The molecule has 0 spiro atoms. The standard InChI is InChI=1S/C28H27Cl2N5O3/c1-3-26(37)32-25-11-18-15-35(8-9-36)7-6-17(18)10-20(25)28-21-12-19(4-5-24(21)33-34-28)38-16(2)27-22(29)13-31-14-23(27)30/h3-5,10-14,16,36H,1,6-9,15H2,2H3,(H,32,37)(H,33,34)/t16-/m1/s1. The van der Waals surface area contributed by atoms with Crippen LogP contribution in [-0.2, 0) is 17.8 Å².